The van der Waals surface area contributed by atoms with Crippen LogP contribution in [-0.2, 0) is 14.3 Å². The van der Waals surface area contributed by atoms with Crippen molar-refractivity contribution in [2.24, 2.45) is 0 Å². The molecule has 0 aromatic heterocycles. The lowest BCUT2D eigenvalue weighted by Gasteiger charge is -2.18. The van der Waals surface area contributed by atoms with Crippen LogP contribution in [0.4, 0.5) is 11.4 Å². The molecule has 1 N–H and O–H groups in total. The first-order valence-electron chi connectivity index (χ1n) is 12.0. The van der Waals surface area contributed by atoms with Crippen LogP contribution in [0.2, 0.25) is 0 Å². The van der Waals surface area contributed by atoms with Crippen LogP contribution in [0.1, 0.15) is 38.7 Å². The Labute approximate surface area is 201 Å². The molecule has 0 aliphatic carbocycles. The molecule has 2 aromatic rings. The summed E-state index contributed by atoms with van der Waals surface area (Å²) in [5.41, 5.74) is 3.30. The van der Waals surface area contributed by atoms with Gasteiger partial charge in [0.1, 0.15) is 11.4 Å². The Kier molecular flexibility index (Phi) is 7.53. The van der Waals surface area contributed by atoms with Crippen LogP contribution < -0.4 is 15.0 Å². The Morgan fingerprint density at radius 2 is 1.62 bits per heavy atom. The van der Waals surface area contributed by atoms with Crippen molar-refractivity contribution < 1.29 is 19.1 Å². The Balaban J connectivity index is 1.58. The summed E-state index contributed by atoms with van der Waals surface area (Å²) >= 11 is 0. The van der Waals surface area contributed by atoms with Crippen LogP contribution in [0.15, 0.2) is 54.2 Å². The summed E-state index contributed by atoms with van der Waals surface area (Å²) in [4.78, 5) is 30.4. The number of carbonyl (C=O) groups excluding carboxylic acids is 2. The smallest absolute Gasteiger partial charge is 0.278 e. The fourth-order valence-electron chi connectivity index (χ4n) is 4.34. The van der Waals surface area contributed by atoms with Crippen molar-refractivity contribution in [1.29, 1.82) is 0 Å². The van der Waals surface area contributed by atoms with Gasteiger partial charge < -0.3 is 19.7 Å². The Bertz CT molecular complexity index is 1040. The molecule has 0 unspecified atom stereocenters. The van der Waals surface area contributed by atoms with E-state index in [0.717, 1.165) is 18.8 Å². The van der Waals surface area contributed by atoms with Crippen LogP contribution in [-0.4, -0.2) is 56.2 Å². The predicted molar refractivity (Wildman–Crippen MR) is 134 cm³/mol. The molecule has 0 radical (unpaired) electrons. The van der Waals surface area contributed by atoms with Crippen molar-refractivity contribution in [3.05, 3.63) is 59.8 Å². The van der Waals surface area contributed by atoms with Crippen LogP contribution in [0.5, 0.6) is 5.75 Å². The summed E-state index contributed by atoms with van der Waals surface area (Å²) in [6, 6.07) is 15.2. The maximum absolute atomic E-state index is 13.4. The molecule has 2 heterocycles. The molecule has 0 spiro atoms. The van der Waals surface area contributed by atoms with Crippen molar-refractivity contribution in [3.8, 4) is 5.75 Å². The van der Waals surface area contributed by atoms with Gasteiger partial charge in [-0.05, 0) is 75.1 Å². The monoisotopic (exact) mass is 463 g/mol. The first-order valence-corrected chi connectivity index (χ1v) is 12.0. The highest BCUT2D eigenvalue weighted by Crippen LogP contribution is 2.32. The van der Waals surface area contributed by atoms with Gasteiger partial charge in [-0.15, -0.1) is 0 Å². The lowest BCUT2D eigenvalue weighted by atomic mass is 10.0. The molecule has 1 fully saturated rings. The largest absolute Gasteiger partial charge is 0.497 e. The summed E-state index contributed by atoms with van der Waals surface area (Å²) in [6.07, 6.45) is 3.13. The molecule has 7 nitrogen and oxygen atoms in total. The number of methoxy groups -OCH3 is 1. The van der Waals surface area contributed by atoms with Crippen molar-refractivity contribution in [2.75, 3.05) is 43.6 Å². The van der Waals surface area contributed by atoms with Crippen molar-refractivity contribution >= 4 is 28.8 Å². The van der Waals surface area contributed by atoms with Crippen LogP contribution in [0.3, 0.4) is 0 Å². The number of carbonyl (C=O) groups is 2. The van der Waals surface area contributed by atoms with Crippen molar-refractivity contribution in [2.45, 2.75) is 39.2 Å². The number of ether oxygens (including phenoxy) is 2. The highest BCUT2D eigenvalue weighted by atomic mass is 16.5. The number of imide groups is 1. The van der Waals surface area contributed by atoms with Crippen molar-refractivity contribution in [3.63, 3.8) is 0 Å². The third kappa shape index (κ3) is 5.25. The molecule has 2 amide bonds. The Hall–Kier alpha value is -3.32. The molecule has 7 heteroatoms. The molecule has 180 valence electrons. The van der Waals surface area contributed by atoms with Crippen LogP contribution in [0.25, 0.3) is 5.57 Å². The van der Waals surface area contributed by atoms with E-state index in [1.807, 2.05) is 38.1 Å². The summed E-state index contributed by atoms with van der Waals surface area (Å²) in [6.45, 7) is 6.87. The molecule has 2 aromatic carbocycles. The number of hydrogen-bond acceptors (Lipinski definition) is 6. The zero-order chi connectivity index (χ0) is 24.1. The fourth-order valence-corrected chi connectivity index (χ4v) is 4.34. The van der Waals surface area contributed by atoms with Gasteiger partial charge in [-0.1, -0.05) is 12.1 Å². The number of anilines is 2. The number of hydrogen-bond donors (Lipinski definition) is 1. The van der Waals surface area contributed by atoms with Gasteiger partial charge in [-0.3, -0.25) is 14.5 Å². The summed E-state index contributed by atoms with van der Waals surface area (Å²) in [5, 5.41) is 3.24. The highest BCUT2D eigenvalue weighted by Gasteiger charge is 2.38. The van der Waals surface area contributed by atoms with Gasteiger partial charge in [0.05, 0.1) is 18.8 Å². The molecule has 2 aliphatic rings. The highest BCUT2D eigenvalue weighted by molar-refractivity contribution is 6.36. The average molecular weight is 464 g/mol. The number of benzene rings is 2. The molecule has 0 bridgehead atoms. The van der Waals surface area contributed by atoms with Crippen LogP contribution >= 0.6 is 0 Å². The number of rotatable bonds is 10. The third-order valence-electron chi connectivity index (χ3n) is 6.13. The molecule has 34 heavy (non-hydrogen) atoms. The van der Waals surface area contributed by atoms with E-state index in [0.29, 0.717) is 42.2 Å². The summed E-state index contributed by atoms with van der Waals surface area (Å²) in [7, 11) is 1.60. The first kappa shape index (κ1) is 23.8. The lowest BCUT2D eigenvalue weighted by Crippen LogP contribution is -2.34. The minimum atomic E-state index is -0.316. The zero-order valence-corrected chi connectivity index (χ0v) is 20.2. The van der Waals surface area contributed by atoms with Gasteiger partial charge in [0.2, 0.25) is 0 Å². The second kappa shape index (κ2) is 10.7. The van der Waals surface area contributed by atoms with Crippen LogP contribution in [0, 0.1) is 0 Å². The zero-order valence-electron chi connectivity index (χ0n) is 20.2. The maximum Gasteiger partial charge on any atom is 0.278 e. The van der Waals surface area contributed by atoms with E-state index < -0.39 is 0 Å². The van der Waals surface area contributed by atoms with E-state index in [1.54, 1.807) is 19.2 Å². The van der Waals surface area contributed by atoms with E-state index in [4.69, 9.17) is 9.47 Å². The van der Waals surface area contributed by atoms with E-state index in [-0.39, 0.29) is 17.9 Å². The molecule has 2 aliphatic heterocycles. The number of amides is 2. The second-order valence-corrected chi connectivity index (χ2v) is 8.88. The molecular weight excluding hydrogens is 430 g/mol. The molecular formula is C27H33N3O4. The summed E-state index contributed by atoms with van der Waals surface area (Å²) < 4.78 is 10.8. The number of nitrogens with one attached hydrogen (secondary N) is 1. The normalized spacial score (nSPS) is 16.2. The minimum Gasteiger partial charge on any atom is -0.497 e. The number of nitrogens with zero attached hydrogens (tertiary/aromatic N) is 2. The minimum absolute atomic E-state index is 0.110. The average Bonchev–Trinajstić information content (AvgIpc) is 3.45. The van der Waals surface area contributed by atoms with Gasteiger partial charge in [-0.25, -0.2) is 0 Å². The lowest BCUT2D eigenvalue weighted by molar-refractivity contribution is -0.137. The Morgan fingerprint density at radius 1 is 0.941 bits per heavy atom. The van der Waals surface area contributed by atoms with E-state index in [2.05, 4.69) is 22.3 Å². The molecule has 0 saturated carbocycles. The van der Waals surface area contributed by atoms with Gasteiger partial charge in [0.15, 0.2) is 0 Å². The fraction of sp³-hybridized carbons (Fsp3) is 0.407. The van der Waals surface area contributed by atoms with E-state index in [9.17, 15) is 9.59 Å². The second-order valence-electron chi connectivity index (χ2n) is 8.88. The van der Waals surface area contributed by atoms with Gasteiger partial charge in [0, 0.05) is 37.6 Å². The third-order valence-corrected chi connectivity index (χ3v) is 6.13. The van der Waals surface area contributed by atoms with Crippen molar-refractivity contribution in [1.82, 2.24) is 4.90 Å². The van der Waals surface area contributed by atoms with E-state index >= 15 is 0 Å². The first-order chi connectivity index (χ1) is 16.5. The SMILES string of the molecule is COc1ccc(C2=C(Nc3ccc(N4CCCC4)cc3)C(=O)N(CCCOC(C)C)C2=O)cc1. The van der Waals surface area contributed by atoms with Gasteiger partial charge in [-0.2, -0.15) is 0 Å². The molecule has 4 rings (SSSR count). The summed E-state index contributed by atoms with van der Waals surface area (Å²) in [5.74, 6) is 0.0794. The van der Waals surface area contributed by atoms with E-state index in [1.165, 1.54) is 23.4 Å². The molecule has 0 atom stereocenters. The van der Waals surface area contributed by atoms with Gasteiger partial charge in [0.25, 0.3) is 11.8 Å². The van der Waals surface area contributed by atoms with Gasteiger partial charge >= 0.3 is 0 Å². The maximum atomic E-state index is 13.4. The molecule has 1 saturated heterocycles. The predicted octanol–water partition coefficient (Wildman–Crippen LogP) is 4.30. The Morgan fingerprint density at radius 3 is 2.24 bits per heavy atom. The topological polar surface area (TPSA) is 71.1 Å². The quantitative estimate of drug-likeness (QED) is 0.418. The standard InChI is InChI=1S/C27H33N3O4/c1-19(2)34-18-6-17-30-26(31)24(20-7-13-23(33-3)14-8-20)25(27(30)32)28-21-9-11-22(12-10-21)29-15-4-5-16-29/h7-14,19,28H,4-6,15-18H2,1-3H3.